The standard InChI is InChI=1S/C10H19F3N2/c1-5-6-8(7-9(2,3)4)14-15-10(11,12)13/h15H,5-7H2,1-4H3/b14-8-. The van der Waals surface area contributed by atoms with E-state index in [1.54, 1.807) is 0 Å². The van der Waals surface area contributed by atoms with E-state index in [1.807, 2.05) is 27.7 Å². The number of hydrogen-bond donors (Lipinski definition) is 1. The lowest BCUT2D eigenvalue weighted by Gasteiger charge is -2.19. The maximum absolute atomic E-state index is 11.9. The number of alkyl halides is 3. The van der Waals surface area contributed by atoms with Crippen LogP contribution < -0.4 is 5.43 Å². The summed E-state index contributed by atoms with van der Waals surface area (Å²) in [4.78, 5) is 0. The Balaban J connectivity index is 4.38. The van der Waals surface area contributed by atoms with Gasteiger partial charge in [0.2, 0.25) is 0 Å². The second kappa shape index (κ2) is 5.37. The summed E-state index contributed by atoms with van der Waals surface area (Å²) in [6.07, 6.45) is -2.46. The molecule has 0 bridgehead atoms. The van der Waals surface area contributed by atoms with Crippen LogP contribution in [0.5, 0.6) is 0 Å². The fraction of sp³-hybridized carbons (Fsp3) is 0.900. The van der Waals surface area contributed by atoms with E-state index in [9.17, 15) is 13.2 Å². The molecule has 0 fully saturated rings. The zero-order valence-corrected chi connectivity index (χ0v) is 9.70. The zero-order valence-electron chi connectivity index (χ0n) is 9.70. The first-order valence-corrected chi connectivity index (χ1v) is 5.03. The SMILES string of the molecule is CCC/C(CC(C)(C)C)=N/NC(F)(F)F. The highest BCUT2D eigenvalue weighted by Gasteiger charge is 2.26. The van der Waals surface area contributed by atoms with E-state index in [-0.39, 0.29) is 5.41 Å². The highest BCUT2D eigenvalue weighted by Crippen LogP contribution is 2.21. The van der Waals surface area contributed by atoms with Crippen molar-refractivity contribution in [3.8, 4) is 0 Å². The number of hydrazone groups is 1. The maximum atomic E-state index is 11.9. The van der Waals surface area contributed by atoms with Gasteiger partial charge in [-0.25, -0.2) is 5.43 Å². The Kier molecular flexibility index (Phi) is 5.11. The van der Waals surface area contributed by atoms with Crippen LogP contribution in [0.4, 0.5) is 13.2 Å². The molecule has 0 aliphatic carbocycles. The van der Waals surface area contributed by atoms with Gasteiger partial charge in [-0.3, -0.25) is 0 Å². The summed E-state index contributed by atoms with van der Waals surface area (Å²) in [7, 11) is 0. The van der Waals surface area contributed by atoms with Crippen molar-refractivity contribution in [2.24, 2.45) is 10.5 Å². The summed E-state index contributed by atoms with van der Waals surface area (Å²) in [5.74, 6) is 0. The van der Waals surface area contributed by atoms with Crippen LogP contribution in [0.25, 0.3) is 0 Å². The summed E-state index contributed by atoms with van der Waals surface area (Å²) in [6, 6.07) is 0. The molecule has 0 aliphatic rings. The van der Waals surface area contributed by atoms with E-state index < -0.39 is 6.30 Å². The Bertz CT molecular complexity index is 214. The van der Waals surface area contributed by atoms with Gasteiger partial charge in [0.15, 0.2) is 0 Å². The molecule has 0 saturated heterocycles. The van der Waals surface area contributed by atoms with Gasteiger partial charge >= 0.3 is 6.30 Å². The Morgan fingerprint density at radius 3 is 2.07 bits per heavy atom. The van der Waals surface area contributed by atoms with Crippen molar-refractivity contribution in [3.63, 3.8) is 0 Å². The predicted octanol–water partition coefficient (Wildman–Crippen LogP) is 3.69. The third-order valence-electron chi connectivity index (χ3n) is 1.61. The van der Waals surface area contributed by atoms with Crippen LogP contribution in [0.15, 0.2) is 5.10 Å². The third kappa shape index (κ3) is 9.56. The Labute approximate surface area is 88.9 Å². The van der Waals surface area contributed by atoms with Gasteiger partial charge in [-0.15, -0.1) is 13.2 Å². The monoisotopic (exact) mass is 224 g/mol. The van der Waals surface area contributed by atoms with E-state index in [4.69, 9.17) is 0 Å². The molecule has 15 heavy (non-hydrogen) atoms. The Hall–Kier alpha value is -0.740. The second-order valence-corrected chi connectivity index (χ2v) is 4.78. The van der Waals surface area contributed by atoms with Crippen molar-refractivity contribution in [3.05, 3.63) is 0 Å². The van der Waals surface area contributed by atoms with Crippen LogP contribution >= 0.6 is 0 Å². The average Bonchev–Trinajstić information content (AvgIpc) is 1.96. The lowest BCUT2D eigenvalue weighted by Crippen LogP contribution is -2.28. The molecule has 0 heterocycles. The van der Waals surface area contributed by atoms with E-state index in [0.29, 0.717) is 18.6 Å². The first-order valence-electron chi connectivity index (χ1n) is 5.03. The molecule has 1 N–H and O–H groups in total. The number of nitrogens with zero attached hydrogens (tertiary/aromatic N) is 1. The van der Waals surface area contributed by atoms with Crippen molar-refractivity contribution in [1.29, 1.82) is 0 Å². The van der Waals surface area contributed by atoms with Gasteiger partial charge in [-0.1, -0.05) is 34.1 Å². The van der Waals surface area contributed by atoms with Crippen molar-refractivity contribution >= 4 is 5.71 Å². The molecule has 0 aromatic heterocycles. The minimum atomic E-state index is -4.43. The Morgan fingerprint density at radius 1 is 1.20 bits per heavy atom. The first kappa shape index (κ1) is 14.3. The van der Waals surface area contributed by atoms with Crippen LogP contribution in [0.3, 0.4) is 0 Å². The lowest BCUT2D eigenvalue weighted by atomic mass is 9.88. The van der Waals surface area contributed by atoms with Gasteiger partial charge in [0, 0.05) is 5.71 Å². The van der Waals surface area contributed by atoms with E-state index in [2.05, 4.69) is 5.10 Å². The van der Waals surface area contributed by atoms with Gasteiger partial charge < -0.3 is 0 Å². The summed E-state index contributed by atoms with van der Waals surface area (Å²) < 4.78 is 35.6. The molecule has 0 radical (unpaired) electrons. The highest BCUT2D eigenvalue weighted by molar-refractivity contribution is 5.84. The third-order valence-corrected chi connectivity index (χ3v) is 1.61. The second-order valence-electron chi connectivity index (χ2n) is 4.78. The maximum Gasteiger partial charge on any atom is 0.497 e. The fourth-order valence-corrected chi connectivity index (χ4v) is 1.23. The summed E-state index contributed by atoms with van der Waals surface area (Å²) >= 11 is 0. The van der Waals surface area contributed by atoms with Crippen molar-refractivity contribution < 1.29 is 13.2 Å². The number of halogens is 3. The molecule has 5 heteroatoms. The molecule has 2 nitrogen and oxygen atoms in total. The van der Waals surface area contributed by atoms with Crippen LogP contribution in [0.1, 0.15) is 47.0 Å². The number of rotatable bonds is 4. The molecule has 0 aromatic carbocycles. The average molecular weight is 224 g/mol. The molecule has 0 amide bonds. The van der Waals surface area contributed by atoms with Crippen LogP contribution in [0, 0.1) is 5.41 Å². The van der Waals surface area contributed by atoms with Gasteiger partial charge in [-0.05, 0) is 18.3 Å². The summed E-state index contributed by atoms with van der Waals surface area (Å²) in [5.41, 5.74) is 1.75. The molecule has 0 atom stereocenters. The van der Waals surface area contributed by atoms with E-state index >= 15 is 0 Å². The minimum absolute atomic E-state index is 0.0404. The van der Waals surface area contributed by atoms with Crippen molar-refractivity contribution in [1.82, 2.24) is 5.43 Å². The molecular formula is C10H19F3N2. The quantitative estimate of drug-likeness (QED) is 0.439. The number of hydrogen-bond acceptors (Lipinski definition) is 2. The largest absolute Gasteiger partial charge is 0.497 e. The van der Waals surface area contributed by atoms with Gasteiger partial charge in [0.25, 0.3) is 0 Å². The molecule has 0 spiro atoms. The normalized spacial score (nSPS) is 14.2. The molecule has 0 rings (SSSR count). The van der Waals surface area contributed by atoms with Gasteiger partial charge in [-0.2, -0.15) is 5.10 Å². The molecule has 0 unspecified atom stereocenters. The van der Waals surface area contributed by atoms with Crippen LogP contribution in [-0.4, -0.2) is 12.0 Å². The van der Waals surface area contributed by atoms with Gasteiger partial charge in [0.1, 0.15) is 0 Å². The molecular weight excluding hydrogens is 205 g/mol. The van der Waals surface area contributed by atoms with E-state index in [0.717, 1.165) is 6.42 Å². The minimum Gasteiger partial charge on any atom is -0.218 e. The molecule has 0 aliphatic heterocycles. The fourth-order valence-electron chi connectivity index (χ4n) is 1.23. The molecule has 0 saturated carbocycles. The van der Waals surface area contributed by atoms with Crippen molar-refractivity contribution in [2.75, 3.05) is 0 Å². The molecule has 90 valence electrons. The topological polar surface area (TPSA) is 24.4 Å². The lowest BCUT2D eigenvalue weighted by molar-refractivity contribution is -0.156. The van der Waals surface area contributed by atoms with Crippen LogP contribution in [-0.2, 0) is 0 Å². The number of nitrogens with one attached hydrogen (secondary N) is 1. The van der Waals surface area contributed by atoms with Gasteiger partial charge in [0.05, 0.1) is 0 Å². The summed E-state index contributed by atoms with van der Waals surface area (Å²) in [5, 5.41) is 3.41. The Morgan fingerprint density at radius 2 is 1.73 bits per heavy atom. The zero-order chi connectivity index (χ0) is 12.1. The first-order chi connectivity index (χ1) is 6.64. The van der Waals surface area contributed by atoms with Crippen LogP contribution in [0.2, 0.25) is 0 Å². The summed E-state index contributed by atoms with van der Waals surface area (Å²) in [6.45, 7) is 7.86. The smallest absolute Gasteiger partial charge is 0.218 e. The highest BCUT2D eigenvalue weighted by atomic mass is 19.4. The van der Waals surface area contributed by atoms with E-state index in [1.165, 1.54) is 5.43 Å². The van der Waals surface area contributed by atoms with Crippen molar-refractivity contribution in [2.45, 2.75) is 53.3 Å². The predicted molar refractivity (Wildman–Crippen MR) is 55.6 cm³/mol. The molecule has 0 aromatic rings.